The summed E-state index contributed by atoms with van der Waals surface area (Å²) in [7, 11) is -7.83. The molecule has 212 valence electrons. The lowest BCUT2D eigenvalue weighted by Gasteiger charge is -2.42. The number of hydrogen-bond donors (Lipinski definition) is 1. The van der Waals surface area contributed by atoms with Gasteiger partial charge in [0, 0.05) is 44.3 Å². The molecular formula is C27H36N4O6S2. The first-order chi connectivity index (χ1) is 18.5. The van der Waals surface area contributed by atoms with Gasteiger partial charge in [-0.05, 0) is 61.6 Å². The Hall–Kier alpha value is -2.80. The molecule has 0 aromatic heterocycles. The minimum atomic E-state index is -4.08. The summed E-state index contributed by atoms with van der Waals surface area (Å²) in [4.78, 5) is 27.2. The molecule has 0 bridgehead atoms. The van der Waals surface area contributed by atoms with E-state index in [0.717, 1.165) is 0 Å². The molecule has 2 aromatic carbocycles. The maximum Gasteiger partial charge on any atom is 0.253 e. The summed E-state index contributed by atoms with van der Waals surface area (Å²) >= 11 is 0. The smallest absolute Gasteiger partial charge is 0.253 e. The summed E-state index contributed by atoms with van der Waals surface area (Å²) in [5.41, 5.74) is 6.32. The predicted octanol–water partition coefficient (Wildman–Crippen LogP) is 2.13. The van der Waals surface area contributed by atoms with Crippen LogP contribution >= 0.6 is 0 Å². The van der Waals surface area contributed by atoms with Gasteiger partial charge in [0.25, 0.3) is 5.91 Å². The third kappa shape index (κ3) is 5.74. The minimum Gasteiger partial charge on any atom is -0.369 e. The number of nitrogens with two attached hydrogens (primary N) is 1. The first kappa shape index (κ1) is 29.2. The second-order valence-corrected chi connectivity index (χ2v) is 13.8. The van der Waals surface area contributed by atoms with Crippen molar-refractivity contribution in [2.75, 3.05) is 32.7 Å². The third-order valence-electron chi connectivity index (χ3n) is 7.79. The van der Waals surface area contributed by atoms with Gasteiger partial charge in [-0.25, -0.2) is 16.8 Å². The molecule has 2 amide bonds. The van der Waals surface area contributed by atoms with Gasteiger partial charge in [0.05, 0.1) is 15.7 Å². The summed E-state index contributed by atoms with van der Waals surface area (Å²) in [5, 5.41) is 0. The molecular weight excluding hydrogens is 540 g/mol. The quantitative estimate of drug-likeness (QED) is 0.485. The standard InChI is InChI=1S/C27H36N4O6S2/c1-3-30(4-2)38(34,35)22-12-14-23(15-13-22)39(36,37)31-17-8-11-24(26(28)32)25(31)21-16-18-29(19-21)27(33)20-9-6-5-7-10-20/h5-7,9-10,12-15,21,24-25H,3-4,8,11,16-19H2,1-2H3,(H2,28,32)/t21-,24?,25?/m1/s1. The first-order valence-corrected chi connectivity index (χ1v) is 16.2. The van der Waals surface area contributed by atoms with E-state index >= 15 is 0 Å². The molecule has 2 saturated heterocycles. The van der Waals surface area contributed by atoms with E-state index in [1.165, 1.54) is 32.9 Å². The molecule has 4 rings (SSSR count). The molecule has 2 aromatic rings. The topological polar surface area (TPSA) is 138 Å². The summed E-state index contributed by atoms with van der Waals surface area (Å²) in [6.07, 6.45) is 1.48. The molecule has 0 aliphatic carbocycles. The van der Waals surface area contributed by atoms with Crippen molar-refractivity contribution in [1.82, 2.24) is 13.5 Å². The number of nitrogens with zero attached hydrogens (tertiary/aromatic N) is 3. The van der Waals surface area contributed by atoms with E-state index in [1.807, 2.05) is 6.07 Å². The van der Waals surface area contributed by atoms with E-state index in [9.17, 15) is 26.4 Å². The van der Waals surface area contributed by atoms with Crippen molar-refractivity contribution in [2.45, 2.75) is 48.9 Å². The van der Waals surface area contributed by atoms with E-state index in [4.69, 9.17) is 5.73 Å². The van der Waals surface area contributed by atoms with Crippen molar-refractivity contribution >= 4 is 31.9 Å². The van der Waals surface area contributed by atoms with Crippen molar-refractivity contribution in [3.05, 3.63) is 60.2 Å². The van der Waals surface area contributed by atoms with Crippen molar-refractivity contribution in [1.29, 1.82) is 0 Å². The normalized spacial score (nSPS) is 22.7. The molecule has 39 heavy (non-hydrogen) atoms. The molecule has 2 N–H and O–H groups in total. The fourth-order valence-electron chi connectivity index (χ4n) is 5.79. The van der Waals surface area contributed by atoms with Crippen LogP contribution in [0.2, 0.25) is 0 Å². The monoisotopic (exact) mass is 576 g/mol. The lowest BCUT2D eigenvalue weighted by atomic mass is 9.81. The molecule has 0 spiro atoms. The average molecular weight is 577 g/mol. The summed E-state index contributed by atoms with van der Waals surface area (Å²) in [6, 6.07) is 13.4. The highest BCUT2D eigenvalue weighted by Gasteiger charge is 2.47. The largest absolute Gasteiger partial charge is 0.369 e. The van der Waals surface area contributed by atoms with Crippen LogP contribution in [0, 0.1) is 11.8 Å². The molecule has 0 radical (unpaired) electrons. The predicted molar refractivity (Wildman–Crippen MR) is 147 cm³/mol. The number of primary amides is 1. The maximum atomic E-state index is 13.9. The second kappa shape index (κ2) is 11.7. The van der Waals surface area contributed by atoms with Crippen molar-refractivity contribution in [2.24, 2.45) is 17.6 Å². The van der Waals surface area contributed by atoms with Crippen LogP contribution in [0.5, 0.6) is 0 Å². The molecule has 2 unspecified atom stereocenters. The number of carbonyl (C=O) groups is 2. The van der Waals surface area contributed by atoms with Gasteiger partial charge in [-0.1, -0.05) is 32.0 Å². The molecule has 2 fully saturated rings. The Balaban J connectivity index is 1.62. The molecule has 3 atom stereocenters. The zero-order valence-corrected chi connectivity index (χ0v) is 23.9. The van der Waals surface area contributed by atoms with E-state index in [0.29, 0.717) is 51.0 Å². The Labute approximate surface area is 230 Å². The highest BCUT2D eigenvalue weighted by Crippen LogP contribution is 2.37. The average Bonchev–Trinajstić information content (AvgIpc) is 3.43. The van der Waals surface area contributed by atoms with Gasteiger partial charge in [-0.2, -0.15) is 8.61 Å². The molecule has 12 heteroatoms. The van der Waals surface area contributed by atoms with Gasteiger partial charge >= 0.3 is 0 Å². The molecule has 10 nitrogen and oxygen atoms in total. The number of amides is 2. The van der Waals surface area contributed by atoms with Crippen LogP contribution < -0.4 is 5.73 Å². The summed E-state index contributed by atoms with van der Waals surface area (Å²) < 4.78 is 56.2. The third-order valence-corrected chi connectivity index (χ3v) is 11.8. The highest BCUT2D eigenvalue weighted by molar-refractivity contribution is 7.89. The van der Waals surface area contributed by atoms with Gasteiger partial charge < -0.3 is 10.6 Å². The zero-order chi connectivity index (χ0) is 28.4. The number of rotatable bonds is 9. The highest BCUT2D eigenvalue weighted by atomic mass is 32.2. The van der Waals surface area contributed by atoms with Crippen LogP contribution in [-0.4, -0.2) is 80.9 Å². The van der Waals surface area contributed by atoms with Gasteiger partial charge in [-0.15, -0.1) is 0 Å². The van der Waals surface area contributed by atoms with Crippen LogP contribution in [-0.2, 0) is 24.8 Å². The Kier molecular flexibility index (Phi) is 8.79. The number of sulfonamides is 2. The second-order valence-electron chi connectivity index (χ2n) is 9.98. The number of piperidine rings is 1. The van der Waals surface area contributed by atoms with Crippen LogP contribution in [0.15, 0.2) is 64.4 Å². The summed E-state index contributed by atoms with van der Waals surface area (Å²) in [5.74, 6) is -1.66. The van der Waals surface area contributed by atoms with Crippen molar-refractivity contribution in [3.63, 3.8) is 0 Å². The Bertz CT molecular complexity index is 1390. The first-order valence-electron chi connectivity index (χ1n) is 13.3. The number of likely N-dealkylation sites (tertiary alicyclic amines) is 1. The van der Waals surface area contributed by atoms with E-state index < -0.39 is 37.9 Å². The van der Waals surface area contributed by atoms with Crippen LogP contribution in [0.1, 0.15) is 43.5 Å². The van der Waals surface area contributed by atoms with Crippen LogP contribution in [0.4, 0.5) is 0 Å². The number of carbonyl (C=O) groups excluding carboxylic acids is 2. The molecule has 0 saturated carbocycles. The van der Waals surface area contributed by atoms with Crippen LogP contribution in [0.3, 0.4) is 0 Å². The van der Waals surface area contributed by atoms with E-state index in [2.05, 4.69) is 0 Å². The van der Waals surface area contributed by atoms with Gasteiger partial charge in [-0.3, -0.25) is 9.59 Å². The van der Waals surface area contributed by atoms with E-state index in [-0.39, 0.29) is 28.2 Å². The molecule has 2 heterocycles. The number of hydrogen-bond acceptors (Lipinski definition) is 6. The van der Waals surface area contributed by atoms with Crippen molar-refractivity contribution < 1.29 is 26.4 Å². The lowest BCUT2D eigenvalue weighted by molar-refractivity contribution is -0.125. The fourth-order valence-corrected chi connectivity index (χ4v) is 9.01. The van der Waals surface area contributed by atoms with Gasteiger partial charge in [0.15, 0.2) is 0 Å². The van der Waals surface area contributed by atoms with Gasteiger partial charge in [0.2, 0.25) is 26.0 Å². The summed E-state index contributed by atoms with van der Waals surface area (Å²) in [6.45, 7) is 5.05. The SMILES string of the molecule is CCN(CC)S(=O)(=O)c1ccc(S(=O)(=O)N2CCCC(C(N)=O)C2[C@@H]2CCN(C(=O)c3ccccc3)C2)cc1. The Morgan fingerprint density at radius 3 is 2.10 bits per heavy atom. The van der Waals surface area contributed by atoms with E-state index in [1.54, 1.807) is 43.0 Å². The Morgan fingerprint density at radius 2 is 1.51 bits per heavy atom. The van der Waals surface area contributed by atoms with Gasteiger partial charge in [0.1, 0.15) is 0 Å². The number of benzene rings is 2. The minimum absolute atomic E-state index is 0.0150. The molecule has 2 aliphatic heterocycles. The Morgan fingerprint density at radius 1 is 0.897 bits per heavy atom. The molecule has 2 aliphatic rings. The maximum absolute atomic E-state index is 13.9. The lowest BCUT2D eigenvalue weighted by Crippen LogP contribution is -2.55. The fraction of sp³-hybridized carbons (Fsp3) is 0.481. The van der Waals surface area contributed by atoms with Crippen molar-refractivity contribution in [3.8, 4) is 0 Å². The van der Waals surface area contributed by atoms with Crippen LogP contribution in [0.25, 0.3) is 0 Å². The zero-order valence-electron chi connectivity index (χ0n) is 22.3.